The summed E-state index contributed by atoms with van der Waals surface area (Å²) in [6.07, 6.45) is 11.3. The molecule has 0 saturated carbocycles. The van der Waals surface area contributed by atoms with Gasteiger partial charge in [0.2, 0.25) is 0 Å². The van der Waals surface area contributed by atoms with Crippen LogP contribution in [0.5, 0.6) is 0 Å². The second kappa shape index (κ2) is 22.9. The molecule has 0 spiro atoms. The van der Waals surface area contributed by atoms with Gasteiger partial charge >= 0.3 is 259 Å². The standard InChI is InChI=1S/C32H54ClNO7Si.3C4H9.Sn/c1-30(2,3)42(8,9)41-27(28-20-26(21-29(33)34-35)39-32(6,7)40-28)16-15-24-19-25(38-31(4,5)37-24)17-18-36-22-23-13-11-10-12-14-23;3*1-3-4-2;/h10-14,24-28,35H,15-22H2,1-9H3;3*1,3-4H2,2H3;/q;;;;+1/p-1/b34-29-;;;;/t24-,25+,26+,27-,28-;;;;/m1..../s1. The summed E-state index contributed by atoms with van der Waals surface area (Å²) >= 11 is 4.02. The minimum absolute atomic E-state index is 0.0375. The number of rotatable bonds is 24. The molecule has 11 heteroatoms. The monoisotopic (exact) mass is 917 g/mol. The Morgan fingerprint density at radius 1 is 0.836 bits per heavy atom. The third-order valence-corrected chi connectivity index (χ3v) is 28.6. The van der Waals surface area contributed by atoms with Crippen molar-refractivity contribution in [2.45, 2.75) is 226 Å². The number of oxime groups is 1. The summed E-state index contributed by atoms with van der Waals surface area (Å²) in [6, 6.07) is 10.3. The van der Waals surface area contributed by atoms with E-state index >= 15 is 0 Å². The van der Waals surface area contributed by atoms with E-state index in [4.69, 9.17) is 48.0 Å². The van der Waals surface area contributed by atoms with Crippen LogP contribution in [0.3, 0.4) is 0 Å². The van der Waals surface area contributed by atoms with Gasteiger partial charge in [0, 0.05) is 6.61 Å². The fraction of sp³-hybridized carbons (Fsp3) is 0.841. The molecule has 8 nitrogen and oxygen atoms in total. The van der Waals surface area contributed by atoms with Crippen LogP contribution in [-0.4, -0.2) is 81.0 Å². The summed E-state index contributed by atoms with van der Waals surface area (Å²) in [4.78, 5) is 0. The molecule has 5 atom stereocenters. The molecule has 2 aliphatic heterocycles. The molecule has 0 bridgehead atoms. The summed E-state index contributed by atoms with van der Waals surface area (Å²) in [7, 11) is -2.16. The van der Waals surface area contributed by atoms with Gasteiger partial charge in [0.15, 0.2) is 5.79 Å². The van der Waals surface area contributed by atoms with E-state index in [2.05, 4.69) is 66.8 Å². The molecule has 2 aliphatic rings. The number of hydrogen-bond donors (Lipinski definition) is 0. The van der Waals surface area contributed by atoms with Crippen molar-refractivity contribution in [3.8, 4) is 0 Å². The van der Waals surface area contributed by atoms with Gasteiger partial charge in [-0.2, -0.15) is 0 Å². The van der Waals surface area contributed by atoms with Crippen molar-refractivity contribution in [1.82, 2.24) is 0 Å². The van der Waals surface area contributed by atoms with E-state index in [0.717, 1.165) is 25.7 Å². The second-order valence-corrected chi connectivity index (χ2v) is 35.5. The Hall–Kier alpha value is -0.244. The van der Waals surface area contributed by atoms with Gasteiger partial charge in [-0.3, -0.25) is 0 Å². The number of nitrogens with zero attached hydrogens (tertiary/aromatic N) is 1. The van der Waals surface area contributed by atoms with Gasteiger partial charge in [0.05, 0.1) is 12.7 Å². The molecule has 2 saturated heterocycles. The van der Waals surface area contributed by atoms with E-state index < -0.39 is 38.7 Å². The topological polar surface area (TPSA) is 77.0 Å². The first kappa shape index (κ1) is 49.1. The Morgan fingerprint density at radius 3 is 1.95 bits per heavy atom. The predicted molar refractivity (Wildman–Crippen MR) is 233 cm³/mol. The summed E-state index contributed by atoms with van der Waals surface area (Å²) in [6.45, 7) is 27.7. The molecule has 0 amide bonds. The average Bonchev–Trinajstić information content (AvgIpc) is 3.10. The molecule has 0 radical (unpaired) electrons. The summed E-state index contributed by atoms with van der Waals surface area (Å²) in [5.41, 5.74) is 1.18. The molecule has 55 heavy (non-hydrogen) atoms. The fourth-order valence-electron chi connectivity index (χ4n) is 7.66. The van der Waals surface area contributed by atoms with E-state index in [1.807, 2.05) is 45.9 Å². The number of halogens is 1. The molecule has 2 fully saturated rings. The van der Waals surface area contributed by atoms with Crippen molar-refractivity contribution in [3.05, 3.63) is 35.9 Å². The summed E-state index contributed by atoms with van der Waals surface area (Å²) < 4.78 is 49.8. The first-order valence-corrected chi connectivity index (χ1v) is 32.2. The van der Waals surface area contributed by atoms with Crippen molar-refractivity contribution in [3.63, 3.8) is 0 Å². The van der Waals surface area contributed by atoms with Gasteiger partial charge in [0.1, 0.15) is 0 Å². The Kier molecular flexibility index (Phi) is 20.5. The SMILES string of the molecule is CCC[CH2][Sn]([CH2]CCC)([CH2]CCC)[O]/N=C(\Cl)C[C@@H]1C[C@H]([C@@H](CC[C@@H]2C[C@H](CCOCc3ccccc3)OC(C)(C)O2)O[Si](C)(C)C(C)(C)C)OC(C)(C)O1. The van der Waals surface area contributed by atoms with Crippen molar-refractivity contribution < 1.29 is 31.3 Å². The summed E-state index contributed by atoms with van der Waals surface area (Å²) in [5.74, 6) is -1.47. The zero-order valence-electron chi connectivity index (χ0n) is 37.0. The van der Waals surface area contributed by atoms with Crippen LogP contribution >= 0.6 is 11.6 Å². The van der Waals surface area contributed by atoms with E-state index in [-0.39, 0.29) is 35.6 Å². The normalized spacial score (nSPS) is 24.1. The van der Waals surface area contributed by atoms with Gasteiger partial charge in [-0.15, -0.1) is 0 Å². The molecule has 0 aromatic heterocycles. The molecule has 318 valence electrons. The van der Waals surface area contributed by atoms with E-state index in [1.165, 1.54) is 57.4 Å². The molecule has 0 N–H and O–H groups in total. The minimum atomic E-state index is -2.95. The van der Waals surface area contributed by atoms with E-state index in [1.54, 1.807) is 0 Å². The quantitative estimate of drug-likeness (QED) is 0.0442. The molecule has 1 aromatic carbocycles. The van der Waals surface area contributed by atoms with Crippen LogP contribution < -0.4 is 0 Å². The molecule has 0 aliphatic carbocycles. The van der Waals surface area contributed by atoms with Gasteiger partial charge in [-0.25, -0.2) is 0 Å². The van der Waals surface area contributed by atoms with Crippen molar-refractivity contribution >= 4 is 43.9 Å². The summed E-state index contributed by atoms with van der Waals surface area (Å²) in [5, 5.41) is 5.27. The van der Waals surface area contributed by atoms with E-state index in [0.29, 0.717) is 31.2 Å². The predicted octanol–water partition coefficient (Wildman–Crippen LogP) is 12.9. The van der Waals surface area contributed by atoms with Gasteiger partial charge in [0.25, 0.3) is 0 Å². The Morgan fingerprint density at radius 2 is 1.38 bits per heavy atom. The number of hydrogen-bond acceptors (Lipinski definition) is 8. The van der Waals surface area contributed by atoms with Gasteiger partial charge in [-0.05, 0) is 25.8 Å². The van der Waals surface area contributed by atoms with Crippen LogP contribution in [0.4, 0.5) is 0 Å². The fourth-order valence-corrected chi connectivity index (χ4v) is 21.7. The second-order valence-electron chi connectivity index (χ2n) is 18.7. The number of benzene rings is 1. The Bertz CT molecular complexity index is 1240. The average molecular weight is 917 g/mol. The first-order chi connectivity index (χ1) is 25.8. The molecular weight excluding hydrogens is 837 g/mol. The molecule has 2 heterocycles. The van der Waals surface area contributed by atoms with Crippen LogP contribution in [0.25, 0.3) is 0 Å². The molecule has 1 aromatic rings. The van der Waals surface area contributed by atoms with Crippen molar-refractivity contribution in [2.24, 2.45) is 5.16 Å². The van der Waals surface area contributed by atoms with Crippen LogP contribution in [-0.2, 0) is 37.9 Å². The number of unbranched alkanes of at least 4 members (excludes halogenated alkanes) is 3. The maximum atomic E-state index is 7.26. The van der Waals surface area contributed by atoms with E-state index in [9.17, 15) is 0 Å². The van der Waals surface area contributed by atoms with Crippen LogP contribution in [0.15, 0.2) is 35.5 Å². The van der Waals surface area contributed by atoms with Crippen molar-refractivity contribution in [2.75, 3.05) is 6.61 Å². The molecule has 3 rings (SSSR count). The van der Waals surface area contributed by atoms with Crippen LogP contribution in [0.2, 0.25) is 31.4 Å². The third-order valence-electron chi connectivity index (χ3n) is 11.6. The zero-order chi connectivity index (χ0) is 40.8. The van der Waals surface area contributed by atoms with Gasteiger partial charge in [-0.1, -0.05) is 30.3 Å². The first-order valence-electron chi connectivity index (χ1n) is 21.7. The van der Waals surface area contributed by atoms with Crippen LogP contribution in [0, 0.1) is 0 Å². The Labute approximate surface area is 347 Å². The number of ether oxygens (including phenoxy) is 5. The Balaban J connectivity index is 1.74. The molecular formula is C44H80ClNO7SiSn. The maximum absolute atomic E-state index is 7.26. The molecule has 0 unspecified atom stereocenters. The third kappa shape index (κ3) is 17.5. The van der Waals surface area contributed by atoms with Crippen LogP contribution in [0.1, 0.15) is 152 Å². The van der Waals surface area contributed by atoms with Crippen molar-refractivity contribution in [1.29, 1.82) is 0 Å². The van der Waals surface area contributed by atoms with Gasteiger partial charge < -0.3 is 9.47 Å². The zero-order valence-corrected chi connectivity index (χ0v) is 41.6.